The smallest absolute Gasteiger partial charge is 0.251 e. The van der Waals surface area contributed by atoms with Gasteiger partial charge in [0.15, 0.2) is 0 Å². The number of para-hydroxylation sites is 1. The Hall–Kier alpha value is -2.62. The lowest BCUT2D eigenvalue weighted by Gasteiger charge is -2.22. The van der Waals surface area contributed by atoms with Gasteiger partial charge in [-0.1, -0.05) is 35.9 Å². The van der Waals surface area contributed by atoms with Crippen LogP contribution in [0.15, 0.2) is 48.5 Å². The standard InChI is InChI=1S/C19H20N2O2/c1-13-7-9-16(10-8-13)18(22)20-14(2)19(23)21-12-11-15-5-3-4-6-17(15)21/h3-10,14H,11-12H2,1-2H3,(H,20,22)/t14-/m1/s1. The Morgan fingerprint density at radius 3 is 2.52 bits per heavy atom. The topological polar surface area (TPSA) is 49.4 Å². The maximum atomic E-state index is 12.6. The van der Waals surface area contributed by atoms with E-state index in [1.54, 1.807) is 24.0 Å². The van der Waals surface area contributed by atoms with Crippen molar-refractivity contribution in [2.24, 2.45) is 0 Å². The first kappa shape index (κ1) is 15.3. The number of anilines is 1. The van der Waals surface area contributed by atoms with Crippen LogP contribution in [0.25, 0.3) is 0 Å². The van der Waals surface area contributed by atoms with Crippen molar-refractivity contribution in [1.29, 1.82) is 0 Å². The van der Waals surface area contributed by atoms with Gasteiger partial charge in [-0.25, -0.2) is 0 Å². The summed E-state index contributed by atoms with van der Waals surface area (Å²) in [4.78, 5) is 26.6. The van der Waals surface area contributed by atoms with Crippen LogP contribution in [0.4, 0.5) is 5.69 Å². The SMILES string of the molecule is Cc1ccc(C(=O)N[C@H](C)C(=O)N2CCc3ccccc32)cc1. The van der Waals surface area contributed by atoms with Gasteiger partial charge in [0.1, 0.15) is 6.04 Å². The molecule has 0 bridgehead atoms. The number of nitrogens with zero attached hydrogens (tertiary/aromatic N) is 1. The largest absolute Gasteiger partial charge is 0.341 e. The fourth-order valence-corrected chi connectivity index (χ4v) is 2.85. The van der Waals surface area contributed by atoms with Gasteiger partial charge in [-0.2, -0.15) is 0 Å². The Balaban J connectivity index is 1.69. The van der Waals surface area contributed by atoms with Crippen LogP contribution < -0.4 is 10.2 Å². The monoisotopic (exact) mass is 308 g/mol. The summed E-state index contributed by atoms with van der Waals surface area (Å²) in [5.41, 5.74) is 3.79. The number of hydrogen-bond donors (Lipinski definition) is 1. The summed E-state index contributed by atoms with van der Waals surface area (Å²) in [7, 11) is 0. The highest BCUT2D eigenvalue weighted by Gasteiger charge is 2.28. The lowest BCUT2D eigenvalue weighted by Crippen LogP contribution is -2.46. The Labute approximate surface area is 136 Å². The molecule has 0 saturated carbocycles. The van der Waals surface area contributed by atoms with Crippen LogP contribution in [0.2, 0.25) is 0 Å². The second-order valence-corrected chi connectivity index (χ2v) is 5.93. The molecule has 2 aromatic carbocycles. The molecule has 0 aliphatic carbocycles. The van der Waals surface area contributed by atoms with Crippen LogP contribution in [0.5, 0.6) is 0 Å². The van der Waals surface area contributed by atoms with E-state index >= 15 is 0 Å². The van der Waals surface area contributed by atoms with Gasteiger partial charge in [-0.15, -0.1) is 0 Å². The minimum atomic E-state index is -0.560. The first-order valence-electron chi connectivity index (χ1n) is 7.83. The molecule has 0 aromatic heterocycles. The van der Waals surface area contributed by atoms with Crippen LogP contribution in [-0.2, 0) is 11.2 Å². The summed E-state index contributed by atoms with van der Waals surface area (Å²) in [6.07, 6.45) is 0.862. The Morgan fingerprint density at radius 2 is 1.78 bits per heavy atom. The first-order valence-corrected chi connectivity index (χ1v) is 7.83. The molecule has 0 fully saturated rings. The van der Waals surface area contributed by atoms with Crippen molar-refractivity contribution < 1.29 is 9.59 Å². The van der Waals surface area contributed by atoms with E-state index in [1.807, 2.05) is 43.3 Å². The number of rotatable bonds is 3. The van der Waals surface area contributed by atoms with Crippen molar-refractivity contribution in [2.75, 3.05) is 11.4 Å². The molecule has 1 N–H and O–H groups in total. The molecule has 4 heteroatoms. The van der Waals surface area contributed by atoms with Crippen LogP contribution in [0.3, 0.4) is 0 Å². The second kappa shape index (κ2) is 6.24. The molecule has 0 unspecified atom stereocenters. The minimum absolute atomic E-state index is 0.0737. The van der Waals surface area contributed by atoms with Gasteiger partial charge in [0.2, 0.25) is 5.91 Å². The summed E-state index contributed by atoms with van der Waals surface area (Å²) in [5.74, 6) is -0.297. The lowest BCUT2D eigenvalue weighted by atomic mass is 10.1. The van der Waals surface area contributed by atoms with E-state index < -0.39 is 6.04 Å². The number of fused-ring (bicyclic) bond motifs is 1. The predicted molar refractivity (Wildman–Crippen MR) is 90.6 cm³/mol. The maximum Gasteiger partial charge on any atom is 0.251 e. The van der Waals surface area contributed by atoms with Crippen LogP contribution >= 0.6 is 0 Å². The van der Waals surface area contributed by atoms with Gasteiger partial charge in [0.05, 0.1) is 0 Å². The predicted octanol–water partition coefficient (Wildman–Crippen LogP) is 2.70. The van der Waals surface area contributed by atoms with Gasteiger partial charge in [-0.05, 0) is 44.0 Å². The summed E-state index contributed by atoms with van der Waals surface area (Å²) < 4.78 is 0. The highest BCUT2D eigenvalue weighted by Crippen LogP contribution is 2.27. The summed E-state index contributed by atoms with van der Waals surface area (Å²) >= 11 is 0. The minimum Gasteiger partial charge on any atom is -0.341 e. The number of carbonyl (C=O) groups is 2. The third kappa shape index (κ3) is 3.11. The first-order chi connectivity index (χ1) is 11.1. The number of carbonyl (C=O) groups excluding carboxylic acids is 2. The fourth-order valence-electron chi connectivity index (χ4n) is 2.85. The quantitative estimate of drug-likeness (QED) is 0.948. The number of benzene rings is 2. The van der Waals surface area contributed by atoms with E-state index in [-0.39, 0.29) is 11.8 Å². The maximum absolute atomic E-state index is 12.6. The molecule has 1 aliphatic rings. The molecule has 0 radical (unpaired) electrons. The molecular weight excluding hydrogens is 288 g/mol. The third-order valence-corrected chi connectivity index (χ3v) is 4.18. The van der Waals surface area contributed by atoms with Gasteiger partial charge >= 0.3 is 0 Å². The molecule has 3 rings (SSSR count). The molecule has 4 nitrogen and oxygen atoms in total. The highest BCUT2D eigenvalue weighted by molar-refractivity contribution is 6.03. The van der Waals surface area contributed by atoms with E-state index in [1.165, 1.54) is 5.56 Å². The van der Waals surface area contributed by atoms with E-state index in [4.69, 9.17) is 0 Å². The van der Waals surface area contributed by atoms with Crippen molar-refractivity contribution in [3.63, 3.8) is 0 Å². The van der Waals surface area contributed by atoms with Crippen molar-refractivity contribution in [3.05, 3.63) is 65.2 Å². The lowest BCUT2D eigenvalue weighted by molar-refractivity contribution is -0.119. The van der Waals surface area contributed by atoms with Crippen molar-refractivity contribution in [1.82, 2.24) is 5.32 Å². The van der Waals surface area contributed by atoms with Gasteiger partial charge in [0, 0.05) is 17.8 Å². The van der Waals surface area contributed by atoms with Crippen LogP contribution in [-0.4, -0.2) is 24.4 Å². The van der Waals surface area contributed by atoms with Crippen molar-refractivity contribution >= 4 is 17.5 Å². The van der Waals surface area contributed by atoms with Gasteiger partial charge in [-0.3, -0.25) is 9.59 Å². The molecule has 23 heavy (non-hydrogen) atoms. The van der Waals surface area contributed by atoms with Crippen molar-refractivity contribution in [2.45, 2.75) is 26.3 Å². The molecule has 2 amide bonds. The number of aryl methyl sites for hydroxylation is 1. The number of hydrogen-bond acceptors (Lipinski definition) is 2. The van der Waals surface area contributed by atoms with Crippen LogP contribution in [0.1, 0.15) is 28.4 Å². The third-order valence-electron chi connectivity index (χ3n) is 4.18. The molecule has 118 valence electrons. The second-order valence-electron chi connectivity index (χ2n) is 5.93. The molecule has 1 heterocycles. The Kier molecular flexibility index (Phi) is 4.15. The molecule has 1 aliphatic heterocycles. The van der Waals surface area contributed by atoms with Gasteiger partial charge in [0.25, 0.3) is 5.91 Å². The average molecular weight is 308 g/mol. The van der Waals surface area contributed by atoms with Crippen LogP contribution in [0, 0.1) is 6.92 Å². The van der Waals surface area contributed by atoms with Gasteiger partial charge < -0.3 is 10.2 Å². The zero-order valence-electron chi connectivity index (χ0n) is 13.4. The zero-order valence-corrected chi connectivity index (χ0v) is 13.4. The van der Waals surface area contributed by atoms with Crippen molar-refractivity contribution in [3.8, 4) is 0 Å². The molecular formula is C19H20N2O2. The Bertz CT molecular complexity index is 737. The number of amides is 2. The van der Waals surface area contributed by atoms with E-state index in [0.29, 0.717) is 12.1 Å². The highest BCUT2D eigenvalue weighted by atomic mass is 16.2. The van der Waals surface area contributed by atoms with E-state index in [9.17, 15) is 9.59 Å². The molecule has 0 saturated heterocycles. The number of nitrogens with one attached hydrogen (secondary N) is 1. The fraction of sp³-hybridized carbons (Fsp3) is 0.263. The summed E-state index contributed by atoms with van der Waals surface area (Å²) in [6, 6.07) is 14.7. The average Bonchev–Trinajstić information content (AvgIpc) is 2.98. The van der Waals surface area contributed by atoms with E-state index in [2.05, 4.69) is 5.32 Å². The summed E-state index contributed by atoms with van der Waals surface area (Å²) in [5, 5.41) is 2.79. The molecule has 2 aromatic rings. The molecule has 0 spiro atoms. The molecule has 1 atom stereocenters. The Morgan fingerprint density at radius 1 is 1.09 bits per heavy atom. The zero-order chi connectivity index (χ0) is 16.4. The normalized spacial score (nSPS) is 14.3. The van der Waals surface area contributed by atoms with E-state index in [0.717, 1.165) is 17.7 Å². The summed E-state index contributed by atoms with van der Waals surface area (Å²) in [6.45, 7) is 4.37.